The van der Waals surface area contributed by atoms with Gasteiger partial charge in [-0.05, 0) is 32.4 Å². The van der Waals surface area contributed by atoms with Crippen LogP contribution >= 0.6 is 0 Å². The highest BCUT2D eigenvalue weighted by molar-refractivity contribution is 4.69. The van der Waals surface area contributed by atoms with E-state index in [2.05, 4.69) is 30.7 Å². The smallest absolute Gasteiger partial charge is 0.0110 e. The van der Waals surface area contributed by atoms with Gasteiger partial charge in [-0.15, -0.1) is 0 Å². The van der Waals surface area contributed by atoms with Crippen molar-refractivity contribution in [3.63, 3.8) is 0 Å². The number of hydrogen-bond acceptors (Lipinski definition) is 2. The molecule has 0 saturated carbocycles. The van der Waals surface area contributed by atoms with E-state index in [0.717, 1.165) is 5.92 Å². The zero-order valence-electron chi connectivity index (χ0n) is 11.5. The maximum atomic E-state index is 2.64. The zero-order chi connectivity index (χ0) is 11.8. The lowest BCUT2D eigenvalue weighted by molar-refractivity contribution is 0.150. The monoisotopic (exact) mass is 226 g/mol. The average Bonchev–Trinajstić information content (AvgIpc) is 2.30. The first-order valence-corrected chi connectivity index (χ1v) is 7.17. The molecule has 96 valence electrons. The van der Waals surface area contributed by atoms with Gasteiger partial charge in [0.2, 0.25) is 0 Å². The quantitative estimate of drug-likeness (QED) is 0.658. The van der Waals surface area contributed by atoms with Crippen LogP contribution in [0.2, 0.25) is 0 Å². The molecule has 0 aromatic carbocycles. The molecule has 0 aliphatic carbocycles. The molecule has 2 heteroatoms. The summed E-state index contributed by atoms with van der Waals surface area (Å²) in [7, 11) is 2.23. The highest BCUT2D eigenvalue weighted by Gasteiger charge is 2.13. The summed E-state index contributed by atoms with van der Waals surface area (Å²) in [6, 6.07) is 0. The van der Waals surface area contributed by atoms with E-state index in [9.17, 15) is 0 Å². The van der Waals surface area contributed by atoms with E-state index >= 15 is 0 Å². The molecule has 1 saturated heterocycles. The summed E-state index contributed by atoms with van der Waals surface area (Å²) in [4.78, 5) is 5.07. The van der Waals surface area contributed by atoms with E-state index in [1.165, 1.54) is 64.8 Å². The third kappa shape index (κ3) is 5.31. The van der Waals surface area contributed by atoms with Crippen molar-refractivity contribution in [3.8, 4) is 0 Å². The van der Waals surface area contributed by atoms with Crippen molar-refractivity contribution in [3.05, 3.63) is 0 Å². The highest BCUT2D eigenvalue weighted by atomic mass is 15.2. The molecule has 1 rings (SSSR count). The molecule has 0 N–H and O–H groups in total. The number of piperazine rings is 1. The van der Waals surface area contributed by atoms with Crippen LogP contribution in [-0.4, -0.2) is 49.6 Å². The van der Waals surface area contributed by atoms with E-state index in [0.29, 0.717) is 0 Å². The minimum Gasteiger partial charge on any atom is -0.304 e. The predicted molar refractivity (Wildman–Crippen MR) is 71.9 cm³/mol. The summed E-state index contributed by atoms with van der Waals surface area (Å²) in [5.41, 5.74) is 0. The Balaban J connectivity index is 2.05. The van der Waals surface area contributed by atoms with Crippen molar-refractivity contribution in [1.82, 2.24) is 9.80 Å². The molecule has 1 unspecified atom stereocenters. The summed E-state index contributed by atoms with van der Waals surface area (Å²) >= 11 is 0. The van der Waals surface area contributed by atoms with Gasteiger partial charge in [0, 0.05) is 26.2 Å². The normalized spacial score (nSPS) is 21.2. The van der Waals surface area contributed by atoms with Crippen molar-refractivity contribution in [2.75, 3.05) is 39.8 Å². The van der Waals surface area contributed by atoms with Crippen LogP contribution < -0.4 is 0 Å². The third-order valence-corrected chi connectivity index (χ3v) is 3.96. The molecule has 0 spiro atoms. The molecule has 0 radical (unpaired) electrons. The summed E-state index contributed by atoms with van der Waals surface area (Å²) in [6.07, 6.45) is 7.00. The van der Waals surface area contributed by atoms with Gasteiger partial charge in [0.05, 0.1) is 0 Å². The van der Waals surface area contributed by atoms with Crippen LogP contribution in [0.5, 0.6) is 0 Å². The van der Waals surface area contributed by atoms with Crippen LogP contribution in [0.15, 0.2) is 0 Å². The van der Waals surface area contributed by atoms with Crippen molar-refractivity contribution < 1.29 is 0 Å². The molecular formula is C14H30N2. The minimum absolute atomic E-state index is 0.984. The number of rotatable bonds is 7. The van der Waals surface area contributed by atoms with Gasteiger partial charge in [0.1, 0.15) is 0 Å². The van der Waals surface area contributed by atoms with Gasteiger partial charge in [0.15, 0.2) is 0 Å². The summed E-state index contributed by atoms with van der Waals surface area (Å²) in [6.45, 7) is 11.0. The second-order valence-corrected chi connectivity index (χ2v) is 5.35. The first kappa shape index (κ1) is 14.0. The van der Waals surface area contributed by atoms with Crippen LogP contribution in [0.3, 0.4) is 0 Å². The first-order chi connectivity index (χ1) is 7.76. The Morgan fingerprint density at radius 2 is 1.69 bits per heavy atom. The van der Waals surface area contributed by atoms with Crippen LogP contribution in [-0.2, 0) is 0 Å². The van der Waals surface area contributed by atoms with Crippen molar-refractivity contribution in [2.24, 2.45) is 5.92 Å². The molecular weight excluding hydrogens is 196 g/mol. The summed E-state index contributed by atoms with van der Waals surface area (Å²) in [5, 5.41) is 0. The van der Waals surface area contributed by atoms with E-state index in [-0.39, 0.29) is 0 Å². The molecule has 0 aromatic rings. The number of nitrogens with zero attached hydrogens (tertiary/aromatic N) is 2. The van der Waals surface area contributed by atoms with Crippen LogP contribution in [0.25, 0.3) is 0 Å². The van der Waals surface area contributed by atoms with Gasteiger partial charge in [0.25, 0.3) is 0 Å². The second-order valence-electron chi connectivity index (χ2n) is 5.35. The van der Waals surface area contributed by atoms with Gasteiger partial charge in [-0.1, -0.05) is 33.1 Å². The van der Waals surface area contributed by atoms with Crippen molar-refractivity contribution in [2.45, 2.75) is 46.0 Å². The molecule has 1 atom stereocenters. The number of hydrogen-bond donors (Lipinski definition) is 0. The van der Waals surface area contributed by atoms with Crippen molar-refractivity contribution >= 4 is 0 Å². The number of likely N-dealkylation sites (N-methyl/N-ethyl adjacent to an activating group) is 1. The lowest BCUT2D eigenvalue weighted by Crippen LogP contribution is -2.44. The lowest BCUT2D eigenvalue weighted by atomic mass is 9.95. The fraction of sp³-hybridized carbons (Fsp3) is 1.00. The largest absolute Gasteiger partial charge is 0.304 e. The molecule has 0 amide bonds. The third-order valence-electron chi connectivity index (χ3n) is 3.96. The molecule has 1 heterocycles. The van der Waals surface area contributed by atoms with Gasteiger partial charge in [-0.3, -0.25) is 0 Å². The van der Waals surface area contributed by atoms with Gasteiger partial charge >= 0.3 is 0 Å². The molecule has 1 fully saturated rings. The van der Waals surface area contributed by atoms with E-state index in [4.69, 9.17) is 0 Å². The van der Waals surface area contributed by atoms with Crippen LogP contribution in [0, 0.1) is 5.92 Å². The average molecular weight is 226 g/mol. The maximum absolute atomic E-state index is 2.64. The molecule has 0 bridgehead atoms. The van der Waals surface area contributed by atoms with E-state index in [1.54, 1.807) is 0 Å². The van der Waals surface area contributed by atoms with Crippen LogP contribution in [0.4, 0.5) is 0 Å². The second kappa shape index (κ2) is 8.08. The molecule has 2 nitrogen and oxygen atoms in total. The Hall–Kier alpha value is -0.0800. The highest BCUT2D eigenvalue weighted by Crippen LogP contribution is 2.17. The standard InChI is InChI=1S/C14H30N2/c1-4-7-14(5-2)8-6-9-16-12-10-15(3)11-13-16/h14H,4-13H2,1-3H3. The first-order valence-electron chi connectivity index (χ1n) is 7.17. The Kier molecular flexibility index (Phi) is 7.06. The molecule has 1 aliphatic heterocycles. The predicted octanol–water partition coefficient (Wildman–Crippen LogP) is 2.84. The zero-order valence-corrected chi connectivity index (χ0v) is 11.5. The molecule has 16 heavy (non-hydrogen) atoms. The van der Waals surface area contributed by atoms with Crippen molar-refractivity contribution in [1.29, 1.82) is 0 Å². The fourth-order valence-corrected chi connectivity index (χ4v) is 2.64. The molecule has 1 aliphatic rings. The lowest BCUT2D eigenvalue weighted by Gasteiger charge is -2.32. The SMILES string of the molecule is CCCC(CC)CCCN1CCN(C)CC1. The van der Waals surface area contributed by atoms with Gasteiger partial charge in [-0.25, -0.2) is 0 Å². The summed E-state index contributed by atoms with van der Waals surface area (Å²) < 4.78 is 0. The maximum Gasteiger partial charge on any atom is 0.0110 e. The Labute approximate surface area is 102 Å². The van der Waals surface area contributed by atoms with Gasteiger partial charge in [-0.2, -0.15) is 0 Å². The fourth-order valence-electron chi connectivity index (χ4n) is 2.64. The Bertz CT molecular complexity index is 162. The molecule has 0 aromatic heterocycles. The minimum atomic E-state index is 0.984. The Morgan fingerprint density at radius 1 is 1.00 bits per heavy atom. The Morgan fingerprint density at radius 3 is 2.25 bits per heavy atom. The summed E-state index contributed by atoms with van der Waals surface area (Å²) in [5.74, 6) is 0.984. The van der Waals surface area contributed by atoms with E-state index in [1.807, 2.05) is 0 Å². The topological polar surface area (TPSA) is 6.48 Å². The van der Waals surface area contributed by atoms with E-state index < -0.39 is 0 Å². The van der Waals surface area contributed by atoms with Gasteiger partial charge < -0.3 is 9.80 Å². The van der Waals surface area contributed by atoms with Crippen LogP contribution in [0.1, 0.15) is 46.0 Å².